The summed E-state index contributed by atoms with van der Waals surface area (Å²) in [6.07, 6.45) is 2.25. The van der Waals surface area contributed by atoms with Crippen molar-refractivity contribution in [3.8, 4) is 0 Å². The Labute approximate surface area is 92.9 Å². The van der Waals surface area contributed by atoms with Crippen LogP contribution in [0.4, 0.5) is 5.82 Å². The van der Waals surface area contributed by atoms with Crippen LogP contribution >= 0.6 is 15.9 Å². The van der Waals surface area contributed by atoms with Crippen LogP contribution in [0.5, 0.6) is 0 Å². The van der Waals surface area contributed by atoms with Crippen LogP contribution in [0.15, 0.2) is 22.8 Å². The van der Waals surface area contributed by atoms with Gasteiger partial charge >= 0.3 is 0 Å². The molecule has 0 aliphatic heterocycles. The van der Waals surface area contributed by atoms with Crippen molar-refractivity contribution >= 4 is 21.7 Å². The fourth-order valence-corrected chi connectivity index (χ4v) is 1.70. The number of aliphatic hydroxyl groups excluding tert-OH is 1. The Hall–Kier alpha value is -0.610. The molecule has 0 amide bonds. The number of anilines is 1. The number of hydrogen-bond acceptors (Lipinski definition) is 3. The molecule has 1 N–H and O–H groups in total. The van der Waals surface area contributed by atoms with Gasteiger partial charge in [0.15, 0.2) is 0 Å². The molecule has 4 heteroatoms. The molecule has 0 saturated heterocycles. The van der Waals surface area contributed by atoms with Gasteiger partial charge in [0.1, 0.15) is 5.82 Å². The van der Waals surface area contributed by atoms with Gasteiger partial charge in [-0.1, -0.05) is 0 Å². The fraction of sp³-hybridized carbons (Fsp3) is 0.500. The average Bonchev–Trinajstić information content (AvgIpc) is 2.15. The smallest absolute Gasteiger partial charge is 0.142 e. The van der Waals surface area contributed by atoms with E-state index in [9.17, 15) is 0 Å². The van der Waals surface area contributed by atoms with Gasteiger partial charge in [-0.05, 0) is 41.4 Å². The molecule has 1 unspecified atom stereocenters. The van der Waals surface area contributed by atoms with Gasteiger partial charge in [0.25, 0.3) is 0 Å². The van der Waals surface area contributed by atoms with Crippen molar-refractivity contribution in [2.45, 2.75) is 19.4 Å². The fourth-order valence-electron chi connectivity index (χ4n) is 1.14. The molecule has 0 saturated carbocycles. The molecular weight excluding hydrogens is 244 g/mol. The molecule has 1 aromatic heterocycles. The van der Waals surface area contributed by atoms with Crippen molar-refractivity contribution in [2.75, 3.05) is 18.5 Å². The lowest BCUT2D eigenvalue weighted by Gasteiger charge is -2.19. The number of hydrogen-bond donors (Lipinski definition) is 1. The number of pyridine rings is 1. The van der Waals surface area contributed by atoms with Gasteiger partial charge in [-0.2, -0.15) is 0 Å². The summed E-state index contributed by atoms with van der Waals surface area (Å²) in [4.78, 5) is 6.28. The zero-order valence-corrected chi connectivity index (χ0v) is 10.0. The highest BCUT2D eigenvalue weighted by Gasteiger charge is 2.06. The highest BCUT2D eigenvalue weighted by atomic mass is 79.9. The van der Waals surface area contributed by atoms with Crippen molar-refractivity contribution in [1.82, 2.24) is 4.98 Å². The van der Waals surface area contributed by atoms with Gasteiger partial charge in [-0.25, -0.2) is 4.98 Å². The number of aromatic nitrogens is 1. The summed E-state index contributed by atoms with van der Waals surface area (Å²) in [5.41, 5.74) is 0. The molecule has 3 nitrogen and oxygen atoms in total. The second-order valence-electron chi connectivity index (χ2n) is 3.37. The first kappa shape index (κ1) is 11.5. The van der Waals surface area contributed by atoms with Crippen LogP contribution in [0.1, 0.15) is 13.3 Å². The highest BCUT2D eigenvalue weighted by Crippen LogP contribution is 2.21. The molecule has 1 atom stereocenters. The van der Waals surface area contributed by atoms with Gasteiger partial charge in [0.05, 0.1) is 10.6 Å². The summed E-state index contributed by atoms with van der Waals surface area (Å²) >= 11 is 3.44. The van der Waals surface area contributed by atoms with E-state index in [1.54, 1.807) is 13.1 Å². The number of aliphatic hydroxyl groups is 1. The van der Waals surface area contributed by atoms with Gasteiger partial charge < -0.3 is 10.0 Å². The van der Waals surface area contributed by atoms with Crippen LogP contribution in [0.3, 0.4) is 0 Å². The number of halogens is 1. The largest absolute Gasteiger partial charge is 0.393 e. The second-order valence-corrected chi connectivity index (χ2v) is 4.22. The van der Waals surface area contributed by atoms with Crippen molar-refractivity contribution in [3.63, 3.8) is 0 Å². The molecule has 0 aliphatic carbocycles. The third kappa shape index (κ3) is 3.27. The molecule has 78 valence electrons. The zero-order chi connectivity index (χ0) is 10.6. The van der Waals surface area contributed by atoms with E-state index >= 15 is 0 Å². The lowest BCUT2D eigenvalue weighted by Crippen LogP contribution is -2.23. The van der Waals surface area contributed by atoms with Gasteiger partial charge in [-0.3, -0.25) is 0 Å². The first-order valence-electron chi connectivity index (χ1n) is 4.61. The summed E-state index contributed by atoms with van der Waals surface area (Å²) in [7, 11) is 1.97. The molecule has 0 aliphatic rings. The Kier molecular flexibility index (Phi) is 4.35. The second kappa shape index (κ2) is 5.32. The Balaban J connectivity index is 2.60. The van der Waals surface area contributed by atoms with Gasteiger partial charge in [-0.15, -0.1) is 0 Å². The standard InChI is InChI=1S/C10H15BrN2O/c1-8(14)5-7-13(2)10-9(11)4-3-6-12-10/h3-4,6,8,14H,5,7H2,1-2H3. The topological polar surface area (TPSA) is 36.4 Å². The molecule has 0 radical (unpaired) electrons. The Morgan fingerprint density at radius 2 is 2.36 bits per heavy atom. The van der Waals surface area contributed by atoms with E-state index in [-0.39, 0.29) is 6.10 Å². The summed E-state index contributed by atoms with van der Waals surface area (Å²) in [5.74, 6) is 0.910. The van der Waals surface area contributed by atoms with Crippen molar-refractivity contribution in [2.24, 2.45) is 0 Å². The minimum absolute atomic E-state index is 0.264. The molecule has 0 spiro atoms. The van der Waals surface area contributed by atoms with Crippen LogP contribution in [0.2, 0.25) is 0 Å². The third-order valence-electron chi connectivity index (χ3n) is 1.98. The minimum Gasteiger partial charge on any atom is -0.393 e. The molecule has 14 heavy (non-hydrogen) atoms. The summed E-state index contributed by atoms with van der Waals surface area (Å²) < 4.78 is 0.980. The van der Waals surface area contributed by atoms with Crippen molar-refractivity contribution in [3.05, 3.63) is 22.8 Å². The third-order valence-corrected chi connectivity index (χ3v) is 2.60. The lowest BCUT2D eigenvalue weighted by molar-refractivity contribution is 0.187. The predicted molar refractivity (Wildman–Crippen MR) is 61.5 cm³/mol. The average molecular weight is 259 g/mol. The zero-order valence-electron chi connectivity index (χ0n) is 8.44. The van der Waals surface area contributed by atoms with Crippen LogP contribution in [-0.4, -0.2) is 29.8 Å². The van der Waals surface area contributed by atoms with Crippen LogP contribution < -0.4 is 4.90 Å². The SMILES string of the molecule is CC(O)CCN(C)c1ncccc1Br. The van der Waals surface area contributed by atoms with E-state index in [2.05, 4.69) is 20.9 Å². The maximum absolute atomic E-state index is 9.16. The quantitative estimate of drug-likeness (QED) is 0.899. The number of rotatable bonds is 4. The van der Waals surface area contributed by atoms with E-state index in [1.807, 2.05) is 24.1 Å². The van der Waals surface area contributed by atoms with E-state index in [4.69, 9.17) is 5.11 Å². The molecule has 1 heterocycles. The van der Waals surface area contributed by atoms with E-state index in [0.29, 0.717) is 0 Å². The predicted octanol–water partition coefficient (Wildman–Crippen LogP) is 2.05. The van der Waals surface area contributed by atoms with Gasteiger partial charge in [0, 0.05) is 19.8 Å². The molecule has 1 aromatic rings. The first-order valence-corrected chi connectivity index (χ1v) is 5.40. The molecular formula is C10H15BrN2O. The van der Waals surface area contributed by atoms with Crippen molar-refractivity contribution in [1.29, 1.82) is 0 Å². The van der Waals surface area contributed by atoms with Crippen LogP contribution in [0.25, 0.3) is 0 Å². The lowest BCUT2D eigenvalue weighted by atomic mass is 10.3. The monoisotopic (exact) mass is 258 g/mol. The number of nitrogens with zero attached hydrogens (tertiary/aromatic N) is 2. The minimum atomic E-state index is -0.264. The molecule has 0 bridgehead atoms. The molecule has 0 fully saturated rings. The molecule has 0 aromatic carbocycles. The van der Waals surface area contributed by atoms with E-state index < -0.39 is 0 Å². The summed E-state index contributed by atoms with van der Waals surface area (Å²) in [6, 6.07) is 3.84. The Bertz CT molecular complexity index is 291. The van der Waals surface area contributed by atoms with Crippen LogP contribution in [0, 0.1) is 0 Å². The summed E-state index contributed by atoms with van der Waals surface area (Å²) in [6.45, 7) is 2.59. The van der Waals surface area contributed by atoms with E-state index in [1.165, 1.54) is 0 Å². The highest BCUT2D eigenvalue weighted by molar-refractivity contribution is 9.10. The Morgan fingerprint density at radius 3 is 2.93 bits per heavy atom. The van der Waals surface area contributed by atoms with Crippen molar-refractivity contribution < 1.29 is 5.11 Å². The Morgan fingerprint density at radius 1 is 1.64 bits per heavy atom. The van der Waals surface area contributed by atoms with E-state index in [0.717, 1.165) is 23.3 Å². The maximum atomic E-state index is 9.16. The maximum Gasteiger partial charge on any atom is 0.142 e. The van der Waals surface area contributed by atoms with Gasteiger partial charge in [0.2, 0.25) is 0 Å². The molecule has 1 rings (SSSR count). The normalized spacial score (nSPS) is 12.6. The first-order chi connectivity index (χ1) is 6.61. The van der Waals surface area contributed by atoms with Crippen LogP contribution in [-0.2, 0) is 0 Å². The summed E-state index contributed by atoms with van der Waals surface area (Å²) in [5, 5.41) is 9.16.